The van der Waals surface area contributed by atoms with Gasteiger partial charge in [-0.2, -0.15) is 0 Å². The number of esters is 1. The molecule has 0 unspecified atom stereocenters. The monoisotopic (exact) mass is 259 g/mol. The molecule has 0 saturated carbocycles. The van der Waals surface area contributed by atoms with Gasteiger partial charge in [0.2, 0.25) is 0 Å². The molecule has 0 spiro atoms. The van der Waals surface area contributed by atoms with Gasteiger partial charge in [0.1, 0.15) is 5.82 Å². The lowest BCUT2D eigenvalue weighted by atomic mass is 9.93. The molecular weight excluding hydrogens is 245 g/mol. The summed E-state index contributed by atoms with van der Waals surface area (Å²) in [6, 6.07) is 4.13. The van der Waals surface area contributed by atoms with Crippen LogP contribution in [0, 0.1) is 11.2 Å². The van der Waals surface area contributed by atoms with Crippen LogP contribution in [0.1, 0.15) is 13.8 Å². The fraction of sp³-hybridized carbons (Fsp3) is 0.417. The molecule has 1 aromatic rings. The van der Waals surface area contributed by atoms with Crippen LogP contribution in [-0.4, -0.2) is 19.6 Å². The third-order valence-corrected chi connectivity index (χ3v) is 2.55. The summed E-state index contributed by atoms with van der Waals surface area (Å²) >= 11 is 5.72. The van der Waals surface area contributed by atoms with Crippen LogP contribution >= 0.6 is 11.6 Å². The Hall–Kier alpha value is -1.29. The first-order chi connectivity index (χ1) is 7.85. The lowest BCUT2D eigenvalue weighted by Crippen LogP contribution is -2.33. The molecule has 0 aliphatic carbocycles. The number of halogens is 2. The van der Waals surface area contributed by atoms with E-state index in [2.05, 4.69) is 10.1 Å². The Balaban J connectivity index is 2.70. The van der Waals surface area contributed by atoms with E-state index in [1.165, 1.54) is 19.2 Å². The van der Waals surface area contributed by atoms with E-state index in [1.807, 2.05) is 0 Å². The van der Waals surface area contributed by atoms with Crippen molar-refractivity contribution in [1.29, 1.82) is 0 Å². The number of rotatable bonds is 4. The molecule has 94 valence electrons. The van der Waals surface area contributed by atoms with Crippen LogP contribution in [0.2, 0.25) is 5.02 Å². The van der Waals surface area contributed by atoms with Crippen LogP contribution in [0.4, 0.5) is 10.1 Å². The van der Waals surface area contributed by atoms with Crippen molar-refractivity contribution in [2.24, 2.45) is 5.41 Å². The van der Waals surface area contributed by atoms with E-state index < -0.39 is 11.2 Å². The summed E-state index contributed by atoms with van der Waals surface area (Å²) in [5.74, 6) is -0.747. The summed E-state index contributed by atoms with van der Waals surface area (Å²) in [6.45, 7) is 3.82. The summed E-state index contributed by atoms with van der Waals surface area (Å²) < 4.78 is 17.7. The van der Waals surface area contributed by atoms with Gasteiger partial charge in [0.05, 0.1) is 12.5 Å². The first kappa shape index (κ1) is 13.8. The van der Waals surface area contributed by atoms with Crippen LogP contribution in [-0.2, 0) is 9.53 Å². The minimum absolute atomic E-state index is 0.309. The summed E-state index contributed by atoms with van der Waals surface area (Å²) in [4.78, 5) is 11.4. The smallest absolute Gasteiger partial charge is 0.313 e. The summed E-state index contributed by atoms with van der Waals surface area (Å²) in [5, 5.41) is 3.27. The Labute approximate surface area is 105 Å². The Kier molecular flexibility index (Phi) is 4.34. The van der Waals surface area contributed by atoms with Crippen molar-refractivity contribution in [1.82, 2.24) is 0 Å². The van der Waals surface area contributed by atoms with E-state index in [4.69, 9.17) is 11.6 Å². The van der Waals surface area contributed by atoms with Gasteiger partial charge < -0.3 is 10.1 Å². The van der Waals surface area contributed by atoms with Gasteiger partial charge in [-0.15, -0.1) is 0 Å². The predicted octanol–water partition coefficient (Wildman–Crippen LogP) is 3.09. The quantitative estimate of drug-likeness (QED) is 0.845. The topological polar surface area (TPSA) is 38.3 Å². The van der Waals surface area contributed by atoms with E-state index in [-0.39, 0.29) is 5.97 Å². The molecule has 0 amide bonds. The third kappa shape index (κ3) is 3.89. The molecule has 0 fully saturated rings. The summed E-state index contributed by atoms with van der Waals surface area (Å²) in [6.07, 6.45) is 0. The van der Waals surface area contributed by atoms with Gasteiger partial charge >= 0.3 is 5.97 Å². The fourth-order valence-corrected chi connectivity index (χ4v) is 1.55. The second-order valence-corrected chi connectivity index (χ2v) is 4.82. The van der Waals surface area contributed by atoms with Crippen molar-refractivity contribution in [2.75, 3.05) is 19.0 Å². The first-order valence-electron chi connectivity index (χ1n) is 5.13. The van der Waals surface area contributed by atoms with E-state index in [9.17, 15) is 9.18 Å². The SMILES string of the molecule is COC(=O)C(C)(C)CNc1cc(F)cc(Cl)c1. The Bertz CT molecular complexity index is 401. The molecule has 5 heteroatoms. The number of hydrogen-bond donors (Lipinski definition) is 1. The number of methoxy groups -OCH3 is 1. The lowest BCUT2D eigenvalue weighted by molar-refractivity contribution is -0.149. The fourth-order valence-electron chi connectivity index (χ4n) is 1.33. The van der Waals surface area contributed by atoms with Crippen molar-refractivity contribution in [3.63, 3.8) is 0 Å². The standard InChI is InChI=1S/C12H15ClFNO2/c1-12(2,11(16)17-3)7-15-10-5-8(13)4-9(14)6-10/h4-6,15H,7H2,1-3H3. The van der Waals surface area contributed by atoms with Gasteiger partial charge in [0.25, 0.3) is 0 Å². The van der Waals surface area contributed by atoms with E-state index >= 15 is 0 Å². The van der Waals surface area contributed by atoms with Crippen molar-refractivity contribution in [3.8, 4) is 0 Å². The van der Waals surface area contributed by atoms with Gasteiger partial charge in [-0.25, -0.2) is 4.39 Å². The number of carbonyl (C=O) groups excluding carboxylic acids is 1. The molecular formula is C12H15ClFNO2. The zero-order valence-electron chi connectivity index (χ0n) is 10.0. The van der Waals surface area contributed by atoms with Gasteiger partial charge in [0, 0.05) is 17.3 Å². The number of anilines is 1. The molecule has 0 radical (unpaired) electrons. The molecule has 1 aromatic carbocycles. The largest absolute Gasteiger partial charge is 0.469 e. The molecule has 17 heavy (non-hydrogen) atoms. The van der Waals surface area contributed by atoms with Crippen molar-refractivity contribution < 1.29 is 13.9 Å². The average Bonchev–Trinajstić information content (AvgIpc) is 2.24. The second kappa shape index (κ2) is 5.36. The molecule has 1 N–H and O–H groups in total. The van der Waals surface area contributed by atoms with Gasteiger partial charge in [-0.3, -0.25) is 4.79 Å². The van der Waals surface area contributed by atoms with Crippen LogP contribution in [0.3, 0.4) is 0 Å². The molecule has 0 aliphatic heterocycles. The molecule has 3 nitrogen and oxygen atoms in total. The number of hydrogen-bond acceptors (Lipinski definition) is 3. The normalized spacial score (nSPS) is 11.1. The summed E-state index contributed by atoms with van der Waals surface area (Å²) in [7, 11) is 1.34. The Morgan fingerprint density at radius 2 is 2.12 bits per heavy atom. The molecule has 1 rings (SSSR count). The highest BCUT2D eigenvalue weighted by Gasteiger charge is 2.28. The van der Waals surface area contributed by atoms with Crippen LogP contribution in [0.15, 0.2) is 18.2 Å². The lowest BCUT2D eigenvalue weighted by Gasteiger charge is -2.22. The maximum Gasteiger partial charge on any atom is 0.313 e. The number of benzene rings is 1. The zero-order chi connectivity index (χ0) is 13.1. The molecule has 0 aliphatic rings. The van der Waals surface area contributed by atoms with Gasteiger partial charge in [0.15, 0.2) is 0 Å². The highest BCUT2D eigenvalue weighted by Crippen LogP contribution is 2.21. The molecule has 0 heterocycles. The number of nitrogens with one attached hydrogen (secondary N) is 1. The van der Waals surface area contributed by atoms with Crippen LogP contribution in [0.25, 0.3) is 0 Å². The van der Waals surface area contributed by atoms with Crippen molar-refractivity contribution in [2.45, 2.75) is 13.8 Å². The maximum atomic E-state index is 13.1. The first-order valence-corrected chi connectivity index (χ1v) is 5.51. The van der Waals surface area contributed by atoms with E-state index in [0.717, 1.165) is 0 Å². The second-order valence-electron chi connectivity index (χ2n) is 4.39. The van der Waals surface area contributed by atoms with Crippen LogP contribution in [0.5, 0.6) is 0 Å². The van der Waals surface area contributed by atoms with Crippen molar-refractivity contribution in [3.05, 3.63) is 29.0 Å². The minimum Gasteiger partial charge on any atom is -0.469 e. The molecule has 0 saturated heterocycles. The third-order valence-electron chi connectivity index (χ3n) is 2.33. The molecule has 0 aromatic heterocycles. The predicted molar refractivity (Wildman–Crippen MR) is 65.7 cm³/mol. The molecule has 0 bridgehead atoms. The minimum atomic E-state index is -0.687. The van der Waals surface area contributed by atoms with Gasteiger partial charge in [-0.1, -0.05) is 11.6 Å². The highest BCUT2D eigenvalue weighted by molar-refractivity contribution is 6.30. The zero-order valence-corrected chi connectivity index (χ0v) is 10.8. The number of carbonyl (C=O) groups is 1. The maximum absolute atomic E-state index is 13.1. The van der Waals surface area contributed by atoms with Crippen molar-refractivity contribution >= 4 is 23.3 Å². The highest BCUT2D eigenvalue weighted by atomic mass is 35.5. The Morgan fingerprint density at radius 1 is 1.47 bits per heavy atom. The summed E-state index contributed by atoms with van der Waals surface area (Å²) in [5.41, 5.74) is -0.153. The van der Waals surface area contributed by atoms with Crippen LogP contribution < -0.4 is 5.32 Å². The van der Waals surface area contributed by atoms with E-state index in [0.29, 0.717) is 17.3 Å². The van der Waals surface area contributed by atoms with E-state index in [1.54, 1.807) is 19.9 Å². The van der Waals surface area contributed by atoms with Gasteiger partial charge in [-0.05, 0) is 32.0 Å². The number of ether oxygens (including phenoxy) is 1. The molecule has 0 atom stereocenters. The Morgan fingerprint density at radius 3 is 2.65 bits per heavy atom. The average molecular weight is 260 g/mol.